The van der Waals surface area contributed by atoms with E-state index in [9.17, 15) is 0 Å². The smallest absolute Gasteiger partial charge is 0.0236 e. The molecule has 0 fully saturated rings. The number of benzene rings is 1. The van der Waals surface area contributed by atoms with Crippen LogP contribution in [0.2, 0.25) is 0 Å². The molecule has 0 unspecified atom stereocenters. The van der Waals surface area contributed by atoms with Crippen molar-refractivity contribution in [3.05, 3.63) is 71.8 Å². The predicted molar refractivity (Wildman–Crippen MR) is 72.6 cm³/mol. The molecule has 84 valence electrons. The summed E-state index contributed by atoms with van der Waals surface area (Å²) in [6.45, 7) is 11.9. The zero-order valence-electron chi connectivity index (χ0n) is 10.3. The number of hydrogen-bond donors (Lipinski definition) is 0. The monoisotopic (exact) mass is 212 g/mol. The van der Waals surface area contributed by atoms with Crippen LogP contribution < -0.4 is 0 Å². The Balaban J connectivity index is 2.75. The standard InChI is InChI=1S/C16H20/c1-5-13(3)15(6-2)11-12-16-10-8-7-9-14(16)4/h5-10H,1-2,11-12H2,3-4H3/b15-13+. The summed E-state index contributed by atoms with van der Waals surface area (Å²) in [6.07, 6.45) is 5.94. The number of hydrogen-bond acceptors (Lipinski definition) is 0. The number of rotatable bonds is 5. The molecular weight excluding hydrogens is 192 g/mol. The average Bonchev–Trinajstić information content (AvgIpc) is 2.31. The van der Waals surface area contributed by atoms with Crippen LogP contribution in [-0.2, 0) is 6.42 Å². The minimum absolute atomic E-state index is 1.03. The molecule has 0 aliphatic heterocycles. The molecule has 0 N–H and O–H groups in total. The molecule has 0 aliphatic rings. The summed E-state index contributed by atoms with van der Waals surface area (Å²) in [5.74, 6) is 0. The molecule has 0 atom stereocenters. The lowest BCUT2D eigenvalue weighted by Crippen LogP contribution is -1.92. The van der Waals surface area contributed by atoms with Crippen LogP contribution in [0.4, 0.5) is 0 Å². The quantitative estimate of drug-likeness (QED) is 0.625. The van der Waals surface area contributed by atoms with Gasteiger partial charge in [-0.3, -0.25) is 0 Å². The van der Waals surface area contributed by atoms with Gasteiger partial charge in [-0.1, -0.05) is 49.6 Å². The maximum atomic E-state index is 3.86. The third kappa shape index (κ3) is 3.23. The SMILES string of the molecule is C=C/C(C)=C(\C=C)CCc1ccccc1C. The van der Waals surface area contributed by atoms with Gasteiger partial charge in [-0.15, -0.1) is 0 Å². The van der Waals surface area contributed by atoms with Crippen LogP contribution in [0.5, 0.6) is 0 Å². The number of allylic oxidation sites excluding steroid dienone is 4. The Hall–Kier alpha value is -1.56. The predicted octanol–water partition coefficient (Wildman–Crippen LogP) is 4.62. The van der Waals surface area contributed by atoms with Crippen LogP contribution in [0.15, 0.2) is 60.7 Å². The fourth-order valence-electron chi connectivity index (χ4n) is 1.75. The molecule has 0 aromatic heterocycles. The lowest BCUT2D eigenvalue weighted by atomic mass is 9.98. The van der Waals surface area contributed by atoms with E-state index in [2.05, 4.69) is 51.3 Å². The molecule has 0 nitrogen and oxygen atoms in total. The lowest BCUT2D eigenvalue weighted by Gasteiger charge is -2.07. The van der Waals surface area contributed by atoms with Crippen LogP contribution in [-0.4, -0.2) is 0 Å². The van der Waals surface area contributed by atoms with Crippen molar-refractivity contribution in [2.24, 2.45) is 0 Å². The maximum absolute atomic E-state index is 3.86. The van der Waals surface area contributed by atoms with Gasteiger partial charge in [0.15, 0.2) is 0 Å². The molecule has 0 amide bonds. The van der Waals surface area contributed by atoms with E-state index in [-0.39, 0.29) is 0 Å². The van der Waals surface area contributed by atoms with Crippen LogP contribution in [0.1, 0.15) is 24.5 Å². The highest BCUT2D eigenvalue weighted by Gasteiger charge is 2.00. The van der Waals surface area contributed by atoms with Crippen molar-refractivity contribution in [2.75, 3.05) is 0 Å². The van der Waals surface area contributed by atoms with E-state index < -0.39 is 0 Å². The van der Waals surface area contributed by atoms with Gasteiger partial charge in [-0.05, 0) is 49.0 Å². The lowest BCUT2D eigenvalue weighted by molar-refractivity contribution is 0.945. The Bertz CT molecular complexity index is 408. The van der Waals surface area contributed by atoms with E-state index in [1.807, 2.05) is 12.2 Å². The topological polar surface area (TPSA) is 0 Å². The van der Waals surface area contributed by atoms with Crippen molar-refractivity contribution >= 4 is 0 Å². The highest BCUT2D eigenvalue weighted by molar-refractivity contribution is 5.32. The Morgan fingerprint density at radius 3 is 2.44 bits per heavy atom. The van der Waals surface area contributed by atoms with E-state index in [0.717, 1.165) is 12.8 Å². The summed E-state index contributed by atoms with van der Waals surface area (Å²) < 4.78 is 0. The molecule has 0 saturated heterocycles. The van der Waals surface area contributed by atoms with Gasteiger partial charge < -0.3 is 0 Å². The Kier molecular flexibility index (Phi) is 4.78. The Morgan fingerprint density at radius 1 is 1.19 bits per heavy atom. The average molecular weight is 212 g/mol. The molecule has 0 radical (unpaired) electrons. The first-order valence-corrected chi connectivity index (χ1v) is 5.68. The number of aryl methyl sites for hydroxylation is 2. The molecule has 1 aromatic rings. The van der Waals surface area contributed by atoms with Crippen LogP contribution in [0.3, 0.4) is 0 Å². The molecule has 0 saturated carbocycles. The maximum Gasteiger partial charge on any atom is -0.0236 e. The van der Waals surface area contributed by atoms with Crippen molar-refractivity contribution in [2.45, 2.75) is 26.7 Å². The third-order valence-corrected chi connectivity index (χ3v) is 2.98. The van der Waals surface area contributed by atoms with Gasteiger partial charge in [-0.2, -0.15) is 0 Å². The first kappa shape index (κ1) is 12.5. The summed E-state index contributed by atoms with van der Waals surface area (Å²) in [7, 11) is 0. The molecule has 1 rings (SSSR count). The Morgan fingerprint density at radius 2 is 1.88 bits per heavy atom. The summed E-state index contributed by atoms with van der Waals surface area (Å²) in [4.78, 5) is 0. The van der Waals surface area contributed by atoms with Gasteiger partial charge in [0, 0.05) is 0 Å². The minimum atomic E-state index is 1.03. The first-order chi connectivity index (χ1) is 7.69. The van der Waals surface area contributed by atoms with Crippen LogP contribution in [0.25, 0.3) is 0 Å². The minimum Gasteiger partial charge on any atom is -0.0988 e. The van der Waals surface area contributed by atoms with E-state index in [4.69, 9.17) is 0 Å². The normalized spacial score (nSPS) is 11.9. The van der Waals surface area contributed by atoms with Crippen molar-refractivity contribution in [3.8, 4) is 0 Å². The van der Waals surface area contributed by atoms with Crippen molar-refractivity contribution < 1.29 is 0 Å². The summed E-state index contributed by atoms with van der Waals surface area (Å²) in [5, 5.41) is 0. The molecule has 0 aliphatic carbocycles. The van der Waals surface area contributed by atoms with Crippen molar-refractivity contribution in [1.29, 1.82) is 0 Å². The molecule has 16 heavy (non-hydrogen) atoms. The fourth-order valence-corrected chi connectivity index (χ4v) is 1.75. The van der Waals surface area contributed by atoms with Crippen molar-refractivity contribution in [3.63, 3.8) is 0 Å². The molecular formula is C16H20. The van der Waals surface area contributed by atoms with E-state index in [0.29, 0.717) is 0 Å². The van der Waals surface area contributed by atoms with Gasteiger partial charge in [-0.25, -0.2) is 0 Å². The van der Waals surface area contributed by atoms with E-state index in [1.165, 1.54) is 22.3 Å². The van der Waals surface area contributed by atoms with Gasteiger partial charge in [0.2, 0.25) is 0 Å². The molecule has 0 heterocycles. The summed E-state index contributed by atoms with van der Waals surface area (Å²) >= 11 is 0. The highest BCUT2D eigenvalue weighted by Crippen LogP contribution is 2.16. The van der Waals surface area contributed by atoms with Gasteiger partial charge in [0.1, 0.15) is 0 Å². The third-order valence-electron chi connectivity index (χ3n) is 2.98. The largest absolute Gasteiger partial charge is 0.0988 e. The zero-order chi connectivity index (χ0) is 12.0. The highest BCUT2D eigenvalue weighted by atomic mass is 14.1. The fraction of sp³-hybridized carbons (Fsp3) is 0.250. The second-order valence-electron chi connectivity index (χ2n) is 4.04. The first-order valence-electron chi connectivity index (χ1n) is 5.68. The molecule has 0 bridgehead atoms. The molecule has 0 heteroatoms. The van der Waals surface area contributed by atoms with E-state index >= 15 is 0 Å². The zero-order valence-corrected chi connectivity index (χ0v) is 10.3. The molecule has 1 aromatic carbocycles. The van der Waals surface area contributed by atoms with Gasteiger partial charge in [0.25, 0.3) is 0 Å². The van der Waals surface area contributed by atoms with Gasteiger partial charge in [0.05, 0.1) is 0 Å². The summed E-state index contributed by atoms with van der Waals surface area (Å²) in [5.41, 5.74) is 5.29. The van der Waals surface area contributed by atoms with E-state index in [1.54, 1.807) is 0 Å². The second kappa shape index (κ2) is 6.12. The summed E-state index contributed by atoms with van der Waals surface area (Å²) in [6, 6.07) is 8.53. The van der Waals surface area contributed by atoms with Gasteiger partial charge >= 0.3 is 0 Å². The van der Waals surface area contributed by atoms with Crippen LogP contribution in [0, 0.1) is 6.92 Å². The Labute approximate surface area is 99.0 Å². The second-order valence-corrected chi connectivity index (χ2v) is 4.04. The van der Waals surface area contributed by atoms with Crippen molar-refractivity contribution in [1.82, 2.24) is 0 Å². The molecule has 0 spiro atoms. The van der Waals surface area contributed by atoms with Crippen LogP contribution >= 0.6 is 0 Å².